The molecule has 0 unspecified atom stereocenters. The molecule has 0 aliphatic rings. The van der Waals surface area contributed by atoms with Gasteiger partial charge in [-0.05, 0) is 0 Å². The Morgan fingerprint density at radius 3 is 0.800 bits per heavy atom. The van der Waals surface area contributed by atoms with Crippen molar-refractivity contribution in [1.82, 2.24) is 0 Å². The van der Waals surface area contributed by atoms with Gasteiger partial charge in [0.2, 0.25) is 0 Å². The minimum atomic E-state index is 0. The van der Waals surface area contributed by atoms with E-state index in [1.54, 1.807) is 0 Å². The van der Waals surface area contributed by atoms with Crippen molar-refractivity contribution in [3.05, 3.63) is 0 Å². The zero-order valence-electron chi connectivity index (χ0n) is 1.52. The molecule has 0 fully saturated rings. The first-order chi connectivity index (χ1) is 0. The molecule has 0 radical (unpaired) electrons. The summed E-state index contributed by atoms with van der Waals surface area (Å²) in [6.45, 7) is 0. The molecule has 0 aliphatic carbocycles. The molecule has 0 aromatic rings. The second-order valence-electron chi connectivity index (χ2n) is 0. The molecule has 0 rings (SSSR count). The maximum absolute atomic E-state index is 0. The van der Waals surface area contributed by atoms with Crippen LogP contribution in [0.1, 0.15) is 0 Å². The van der Waals surface area contributed by atoms with Crippen molar-refractivity contribution in [1.29, 1.82) is 0 Å². The van der Waals surface area contributed by atoms with Gasteiger partial charge in [-0.2, -0.15) is 0 Å². The molecular formula is H3BDyFe2Nd. The van der Waals surface area contributed by atoms with Gasteiger partial charge in [0.25, 0.3) is 0 Å². The summed E-state index contributed by atoms with van der Waals surface area (Å²) in [6.07, 6.45) is 0. The Bertz CT molecular complexity index is 9.61. The van der Waals surface area contributed by atoms with E-state index >= 15 is 0 Å². The van der Waals surface area contributed by atoms with Gasteiger partial charge in [-0.25, -0.2) is 0 Å². The zero-order valence-corrected chi connectivity index (χ0v) is 8.97. The average Bonchev–Trinajstić information content (AvgIpc) is 0. The molecule has 0 bridgehead atoms. The Kier molecular flexibility index (Phi) is 189. The van der Waals surface area contributed by atoms with Crippen LogP contribution in [0.5, 0.6) is 0 Å². The van der Waals surface area contributed by atoms with Gasteiger partial charge in [0.15, 0.2) is 0 Å². The Morgan fingerprint density at radius 1 is 0.800 bits per heavy atom. The molecule has 0 saturated carbocycles. The van der Waals surface area contributed by atoms with E-state index in [0.717, 1.165) is 0 Å². The second-order valence-corrected chi connectivity index (χ2v) is 0. The first kappa shape index (κ1) is 37.5. The van der Waals surface area contributed by atoms with Gasteiger partial charge in [-0.15, -0.1) is 0 Å². The average molecular weight is 432 g/mol. The van der Waals surface area contributed by atoms with Crippen molar-refractivity contribution in [2.75, 3.05) is 0 Å². The van der Waals surface area contributed by atoms with Gasteiger partial charge in [-0.3, -0.25) is 0 Å². The molecule has 0 amide bonds. The largest absolute Gasteiger partial charge is 0.0814 e. The van der Waals surface area contributed by atoms with Crippen LogP contribution >= 0.6 is 0 Å². The molecule has 0 aromatic carbocycles. The van der Waals surface area contributed by atoms with Crippen molar-refractivity contribution < 1.29 is 113 Å². The first-order valence-electron chi connectivity index (χ1n) is 0. The smallest absolute Gasteiger partial charge is 0 e. The third-order valence-electron chi connectivity index (χ3n) is 0. The molecule has 0 nitrogen and oxygen atoms in total. The summed E-state index contributed by atoms with van der Waals surface area (Å²) in [5.74, 6) is 0. The van der Waals surface area contributed by atoms with E-state index in [4.69, 9.17) is 0 Å². The number of hydrogen-bond donors (Lipinski definition) is 0. The number of hydrogen-bond acceptors (Lipinski definition) is 0. The summed E-state index contributed by atoms with van der Waals surface area (Å²) in [7, 11) is 0. The van der Waals surface area contributed by atoms with E-state index in [1.807, 2.05) is 0 Å². The van der Waals surface area contributed by atoms with Crippen LogP contribution < -0.4 is 0 Å². The Balaban J connectivity index is 0. The zero-order chi connectivity index (χ0) is 0. The summed E-state index contributed by atoms with van der Waals surface area (Å²) in [5, 5.41) is 0. The van der Waals surface area contributed by atoms with Crippen LogP contribution in [-0.2, 0) is 34.1 Å². The standard InChI is InChI=1S/BH3.Dy.2Fe.Nd/h1H3;;;;. The molecule has 5 heavy (non-hydrogen) atoms. The molecular weight excluding hydrogens is 429 g/mol. The predicted molar refractivity (Wildman–Crippen MR) is 9.94 cm³/mol. The molecule has 36 valence electrons. The van der Waals surface area contributed by atoms with Gasteiger partial charge >= 0.3 is 0 Å². The van der Waals surface area contributed by atoms with Crippen molar-refractivity contribution >= 4 is 8.41 Å². The van der Waals surface area contributed by atoms with Gasteiger partial charge < -0.3 is 0 Å². The minimum Gasteiger partial charge on any atom is 0 e. The van der Waals surface area contributed by atoms with Crippen LogP contribution in [0.2, 0.25) is 0 Å². The van der Waals surface area contributed by atoms with Crippen LogP contribution in [0.25, 0.3) is 0 Å². The van der Waals surface area contributed by atoms with Crippen LogP contribution in [0, 0.1) is 79.0 Å². The summed E-state index contributed by atoms with van der Waals surface area (Å²) in [5.41, 5.74) is 0. The van der Waals surface area contributed by atoms with Gasteiger partial charge in [0, 0.05) is 113 Å². The summed E-state index contributed by atoms with van der Waals surface area (Å²) in [4.78, 5) is 0. The van der Waals surface area contributed by atoms with Crippen molar-refractivity contribution in [3.8, 4) is 0 Å². The third-order valence-corrected chi connectivity index (χ3v) is 0. The summed E-state index contributed by atoms with van der Waals surface area (Å²) >= 11 is 0. The van der Waals surface area contributed by atoms with E-state index in [9.17, 15) is 0 Å². The molecule has 0 saturated heterocycles. The number of rotatable bonds is 0. The molecule has 0 spiro atoms. The van der Waals surface area contributed by atoms with E-state index in [1.165, 1.54) is 0 Å². The van der Waals surface area contributed by atoms with Crippen LogP contribution in [-0.4, -0.2) is 8.41 Å². The molecule has 0 N–H and O–H groups in total. The quantitative estimate of drug-likeness (QED) is 0.423. The summed E-state index contributed by atoms with van der Waals surface area (Å²) < 4.78 is 0. The Labute approximate surface area is 118 Å². The van der Waals surface area contributed by atoms with Gasteiger partial charge in [-0.1, -0.05) is 0 Å². The molecule has 0 aliphatic heterocycles. The Morgan fingerprint density at radius 2 is 0.800 bits per heavy atom. The topological polar surface area (TPSA) is 0 Å². The maximum atomic E-state index is 0. The normalized spacial score (nSPS) is 0. The fraction of sp³-hybridized carbons (Fsp3) is 0. The Hall–Kier alpha value is 3.73. The van der Waals surface area contributed by atoms with Gasteiger partial charge in [0.1, 0.15) is 0 Å². The van der Waals surface area contributed by atoms with Crippen molar-refractivity contribution in [2.45, 2.75) is 0 Å². The predicted octanol–water partition coefficient (Wildman–Crippen LogP) is -1.19. The van der Waals surface area contributed by atoms with E-state index in [-0.39, 0.29) is 122 Å². The van der Waals surface area contributed by atoms with Crippen LogP contribution in [0.4, 0.5) is 0 Å². The van der Waals surface area contributed by atoms with Crippen molar-refractivity contribution in [3.63, 3.8) is 0 Å². The van der Waals surface area contributed by atoms with Crippen molar-refractivity contribution in [2.24, 2.45) is 0 Å². The van der Waals surface area contributed by atoms with Crippen LogP contribution in [0.3, 0.4) is 0 Å². The second kappa shape index (κ2) is 25.2. The minimum absolute atomic E-state index is 0. The van der Waals surface area contributed by atoms with E-state index < -0.39 is 0 Å². The molecule has 0 heterocycles. The van der Waals surface area contributed by atoms with E-state index in [2.05, 4.69) is 0 Å². The van der Waals surface area contributed by atoms with Gasteiger partial charge in [0.05, 0.1) is 8.41 Å². The fourth-order valence-electron chi connectivity index (χ4n) is 0. The molecule has 0 atom stereocenters. The molecule has 0 aromatic heterocycles. The fourth-order valence-corrected chi connectivity index (χ4v) is 0. The first-order valence-corrected chi connectivity index (χ1v) is 0. The summed E-state index contributed by atoms with van der Waals surface area (Å²) in [6, 6.07) is 0. The molecule has 5 heteroatoms. The maximum Gasteiger partial charge on any atom is 0.0814 e. The SMILES string of the molecule is B.[Dy].[Fe].[Fe].[Nd]. The third kappa shape index (κ3) is 18.2. The van der Waals surface area contributed by atoms with E-state index in [0.29, 0.717) is 0 Å². The monoisotopic (exact) mass is 432 g/mol. The van der Waals surface area contributed by atoms with Crippen LogP contribution in [0.15, 0.2) is 0 Å².